The predicted molar refractivity (Wildman–Crippen MR) is 79.4 cm³/mol. The molecule has 0 unspecified atom stereocenters. The summed E-state index contributed by atoms with van der Waals surface area (Å²) in [5.41, 5.74) is 0.610. The molecule has 0 spiro atoms. The minimum Gasteiger partial charge on any atom is -0.294 e. The van der Waals surface area contributed by atoms with E-state index in [1.54, 1.807) is 16.7 Å². The summed E-state index contributed by atoms with van der Waals surface area (Å²) in [6.07, 6.45) is 4.42. The Kier molecular flexibility index (Phi) is 3.99. The SMILES string of the molecule is O=C(CCn1nc2n(c1=O)CCCCC2)c1ccccc1. The molecule has 2 heterocycles. The van der Waals surface area contributed by atoms with Gasteiger partial charge in [0.1, 0.15) is 5.82 Å². The van der Waals surface area contributed by atoms with Crippen LogP contribution in [-0.4, -0.2) is 20.1 Å². The summed E-state index contributed by atoms with van der Waals surface area (Å²) in [5.74, 6) is 0.912. The van der Waals surface area contributed by atoms with Crippen LogP contribution in [0.5, 0.6) is 0 Å². The van der Waals surface area contributed by atoms with Gasteiger partial charge < -0.3 is 0 Å². The number of hydrogen-bond donors (Lipinski definition) is 0. The molecule has 1 aliphatic rings. The Hall–Kier alpha value is -2.17. The van der Waals surface area contributed by atoms with Crippen molar-refractivity contribution in [3.8, 4) is 0 Å². The molecule has 0 saturated carbocycles. The zero-order valence-electron chi connectivity index (χ0n) is 12.0. The van der Waals surface area contributed by atoms with Crippen molar-refractivity contribution in [1.29, 1.82) is 0 Å². The quantitative estimate of drug-likeness (QED) is 0.808. The van der Waals surface area contributed by atoms with Gasteiger partial charge in [-0.25, -0.2) is 9.48 Å². The van der Waals surface area contributed by atoms with Gasteiger partial charge in [0.25, 0.3) is 0 Å². The van der Waals surface area contributed by atoms with E-state index >= 15 is 0 Å². The number of nitrogens with zero attached hydrogens (tertiary/aromatic N) is 3. The summed E-state index contributed by atoms with van der Waals surface area (Å²) in [6.45, 7) is 1.10. The average Bonchev–Trinajstić information content (AvgIpc) is 2.69. The van der Waals surface area contributed by atoms with Gasteiger partial charge in [0.15, 0.2) is 5.78 Å². The van der Waals surface area contributed by atoms with Crippen molar-refractivity contribution in [2.75, 3.05) is 0 Å². The first-order chi connectivity index (χ1) is 10.3. The first-order valence-electron chi connectivity index (χ1n) is 7.50. The molecule has 21 heavy (non-hydrogen) atoms. The highest BCUT2D eigenvalue weighted by Gasteiger charge is 2.16. The topological polar surface area (TPSA) is 56.9 Å². The summed E-state index contributed by atoms with van der Waals surface area (Å²) >= 11 is 0. The van der Waals surface area contributed by atoms with Crippen LogP contribution in [0.4, 0.5) is 0 Å². The van der Waals surface area contributed by atoms with Crippen molar-refractivity contribution in [1.82, 2.24) is 14.3 Å². The van der Waals surface area contributed by atoms with Gasteiger partial charge in [-0.3, -0.25) is 9.36 Å². The third-order valence-corrected chi connectivity index (χ3v) is 3.93. The summed E-state index contributed by atoms with van der Waals surface area (Å²) in [7, 11) is 0. The second kappa shape index (κ2) is 6.08. The number of benzene rings is 1. The molecule has 0 atom stereocenters. The van der Waals surface area contributed by atoms with E-state index in [9.17, 15) is 9.59 Å². The number of carbonyl (C=O) groups is 1. The summed E-state index contributed by atoms with van der Waals surface area (Å²) in [4.78, 5) is 24.3. The maximum absolute atomic E-state index is 12.3. The van der Waals surface area contributed by atoms with Crippen molar-refractivity contribution >= 4 is 5.78 Å². The number of carbonyl (C=O) groups excluding carboxylic acids is 1. The average molecular weight is 285 g/mol. The third kappa shape index (κ3) is 2.96. The molecular formula is C16H19N3O2. The molecule has 0 fully saturated rings. The maximum Gasteiger partial charge on any atom is 0.345 e. The van der Waals surface area contributed by atoms with Gasteiger partial charge in [-0.15, -0.1) is 0 Å². The van der Waals surface area contributed by atoms with Gasteiger partial charge in [0.05, 0.1) is 6.54 Å². The molecule has 0 N–H and O–H groups in total. The minimum atomic E-state index is -0.0761. The van der Waals surface area contributed by atoms with Gasteiger partial charge in [0, 0.05) is 24.9 Å². The Bertz CT molecular complexity index is 685. The fourth-order valence-electron chi connectivity index (χ4n) is 2.75. The number of rotatable bonds is 4. The summed E-state index contributed by atoms with van der Waals surface area (Å²) < 4.78 is 3.21. The molecule has 3 rings (SSSR count). The molecule has 5 nitrogen and oxygen atoms in total. The molecule has 0 radical (unpaired) electrons. The Morgan fingerprint density at radius 1 is 1.14 bits per heavy atom. The Morgan fingerprint density at radius 3 is 2.76 bits per heavy atom. The molecule has 0 saturated heterocycles. The molecule has 110 valence electrons. The highest BCUT2D eigenvalue weighted by Crippen LogP contribution is 2.10. The Balaban J connectivity index is 1.72. The predicted octanol–water partition coefficient (Wildman–Crippen LogP) is 2.04. The van der Waals surface area contributed by atoms with E-state index in [-0.39, 0.29) is 11.5 Å². The Morgan fingerprint density at radius 2 is 1.95 bits per heavy atom. The van der Waals surface area contributed by atoms with Gasteiger partial charge in [-0.05, 0) is 12.8 Å². The first kappa shape index (κ1) is 13.8. The van der Waals surface area contributed by atoms with Crippen LogP contribution in [0.1, 0.15) is 41.9 Å². The van der Waals surface area contributed by atoms with Crippen LogP contribution in [0.25, 0.3) is 0 Å². The van der Waals surface area contributed by atoms with E-state index in [1.807, 2.05) is 18.2 Å². The number of aryl methyl sites for hydroxylation is 2. The van der Waals surface area contributed by atoms with E-state index in [0.29, 0.717) is 18.5 Å². The lowest BCUT2D eigenvalue weighted by molar-refractivity contribution is 0.0975. The van der Waals surface area contributed by atoms with Crippen molar-refractivity contribution < 1.29 is 4.79 Å². The monoisotopic (exact) mass is 285 g/mol. The van der Waals surface area contributed by atoms with Crippen molar-refractivity contribution in [2.45, 2.75) is 45.2 Å². The molecule has 0 amide bonds. The maximum atomic E-state index is 12.3. The molecule has 1 aliphatic heterocycles. The van der Waals surface area contributed by atoms with E-state index in [0.717, 1.165) is 38.1 Å². The van der Waals surface area contributed by atoms with Crippen LogP contribution in [0, 0.1) is 0 Å². The van der Waals surface area contributed by atoms with Crippen LogP contribution in [-0.2, 0) is 19.5 Å². The number of Topliss-reactive ketones (excluding diaryl/α,β-unsaturated/α-hetero) is 1. The van der Waals surface area contributed by atoms with Crippen molar-refractivity contribution in [3.63, 3.8) is 0 Å². The van der Waals surface area contributed by atoms with E-state index in [4.69, 9.17) is 0 Å². The molecule has 0 aliphatic carbocycles. The molecule has 1 aromatic carbocycles. The third-order valence-electron chi connectivity index (χ3n) is 3.93. The van der Waals surface area contributed by atoms with E-state index in [2.05, 4.69) is 5.10 Å². The van der Waals surface area contributed by atoms with E-state index < -0.39 is 0 Å². The van der Waals surface area contributed by atoms with Gasteiger partial charge in [-0.2, -0.15) is 5.10 Å². The largest absolute Gasteiger partial charge is 0.345 e. The number of hydrogen-bond acceptors (Lipinski definition) is 3. The fraction of sp³-hybridized carbons (Fsp3) is 0.438. The van der Waals surface area contributed by atoms with Gasteiger partial charge in [-0.1, -0.05) is 36.8 Å². The van der Waals surface area contributed by atoms with Crippen molar-refractivity contribution in [2.24, 2.45) is 0 Å². The zero-order chi connectivity index (χ0) is 14.7. The molecular weight excluding hydrogens is 266 g/mol. The van der Waals surface area contributed by atoms with Gasteiger partial charge >= 0.3 is 5.69 Å². The minimum absolute atomic E-state index is 0.0469. The summed E-state index contributed by atoms with van der Waals surface area (Å²) in [5, 5.41) is 4.39. The second-order valence-corrected chi connectivity index (χ2v) is 5.42. The van der Waals surface area contributed by atoms with E-state index in [1.165, 1.54) is 4.68 Å². The highest BCUT2D eigenvalue weighted by atomic mass is 16.2. The normalized spacial score (nSPS) is 14.5. The number of ketones is 1. The van der Waals surface area contributed by atoms with Crippen LogP contribution < -0.4 is 5.69 Å². The Labute approximate surface area is 123 Å². The zero-order valence-corrected chi connectivity index (χ0v) is 12.0. The van der Waals surface area contributed by atoms with Crippen molar-refractivity contribution in [3.05, 3.63) is 52.2 Å². The number of aromatic nitrogens is 3. The second-order valence-electron chi connectivity index (χ2n) is 5.42. The molecule has 0 bridgehead atoms. The van der Waals surface area contributed by atoms with Crippen LogP contribution in [0.3, 0.4) is 0 Å². The standard InChI is InChI=1S/C16H19N3O2/c20-14(13-7-3-1-4-8-13)10-12-19-16(21)18-11-6-2-5-9-15(18)17-19/h1,3-4,7-8H,2,5-6,9-12H2. The van der Waals surface area contributed by atoms with Crippen LogP contribution in [0.15, 0.2) is 35.1 Å². The smallest absolute Gasteiger partial charge is 0.294 e. The first-order valence-corrected chi connectivity index (χ1v) is 7.50. The van der Waals surface area contributed by atoms with Crippen LogP contribution in [0.2, 0.25) is 0 Å². The lowest BCUT2D eigenvalue weighted by Gasteiger charge is -2.01. The molecule has 2 aromatic rings. The fourth-order valence-corrected chi connectivity index (χ4v) is 2.75. The lowest BCUT2D eigenvalue weighted by Crippen LogP contribution is -2.26. The molecule has 1 aromatic heterocycles. The summed E-state index contributed by atoms with van der Waals surface area (Å²) in [6, 6.07) is 9.17. The highest BCUT2D eigenvalue weighted by molar-refractivity contribution is 5.95. The van der Waals surface area contributed by atoms with Crippen LogP contribution >= 0.6 is 0 Å². The molecule has 5 heteroatoms. The number of fused-ring (bicyclic) bond motifs is 1. The van der Waals surface area contributed by atoms with Gasteiger partial charge in [0.2, 0.25) is 0 Å². The lowest BCUT2D eigenvalue weighted by atomic mass is 10.1.